The van der Waals surface area contributed by atoms with E-state index in [4.69, 9.17) is 0 Å². The minimum atomic E-state index is -3.57. The Bertz CT molecular complexity index is 579. The summed E-state index contributed by atoms with van der Waals surface area (Å²) in [6.07, 6.45) is 2.91. The second-order valence-corrected chi connectivity index (χ2v) is 5.58. The standard InChI is InChI=1S/C9H9N3O2S2/c1-7-2-8(4-10-3-7)16(13,14)12-9-5-15-6-11-9/h2-6,12H,1H3. The van der Waals surface area contributed by atoms with Crippen LogP contribution in [0.4, 0.5) is 5.82 Å². The normalized spacial score (nSPS) is 11.3. The van der Waals surface area contributed by atoms with Gasteiger partial charge in [-0.25, -0.2) is 13.4 Å². The molecule has 0 fully saturated rings. The number of thiazole rings is 1. The van der Waals surface area contributed by atoms with E-state index < -0.39 is 10.0 Å². The molecule has 1 N–H and O–H groups in total. The smallest absolute Gasteiger partial charge is 0.263 e. The predicted molar refractivity (Wildman–Crippen MR) is 61.9 cm³/mol. The molecule has 2 heterocycles. The lowest BCUT2D eigenvalue weighted by molar-refractivity contribution is 0.600. The molecule has 84 valence electrons. The van der Waals surface area contributed by atoms with E-state index in [-0.39, 0.29) is 4.90 Å². The molecule has 2 rings (SSSR count). The highest BCUT2D eigenvalue weighted by atomic mass is 32.2. The van der Waals surface area contributed by atoms with Gasteiger partial charge in [0.15, 0.2) is 5.82 Å². The Hall–Kier alpha value is -1.47. The Morgan fingerprint density at radius 2 is 2.19 bits per heavy atom. The molecule has 0 saturated carbocycles. The molecule has 0 unspecified atom stereocenters. The fourth-order valence-electron chi connectivity index (χ4n) is 1.13. The molecule has 16 heavy (non-hydrogen) atoms. The zero-order valence-corrected chi connectivity index (χ0v) is 10.0. The third kappa shape index (κ3) is 2.37. The molecule has 0 saturated heterocycles. The molecule has 5 nitrogen and oxygen atoms in total. The van der Waals surface area contributed by atoms with Crippen LogP contribution >= 0.6 is 11.3 Å². The highest BCUT2D eigenvalue weighted by Crippen LogP contribution is 2.15. The summed E-state index contributed by atoms with van der Waals surface area (Å²) in [5.74, 6) is 0.325. The van der Waals surface area contributed by atoms with Gasteiger partial charge in [0, 0.05) is 17.8 Å². The summed E-state index contributed by atoms with van der Waals surface area (Å²) in [7, 11) is -3.57. The molecule has 0 aliphatic rings. The van der Waals surface area contributed by atoms with Gasteiger partial charge in [0.1, 0.15) is 4.90 Å². The minimum absolute atomic E-state index is 0.139. The van der Waals surface area contributed by atoms with Crippen molar-refractivity contribution in [1.29, 1.82) is 0 Å². The average molecular weight is 255 g/mol. The maximum Gasteiger partial charge on any atom is 0.264 e. The molecule has 0 radical (unpaired) electrons. The molecule has 7 heteroatoms. The quantitative estimate of drug-likeness (QED) is 0.905. The van der Waals surface area contributed by atoms with E-state index in [1.807, 2.05) is 0 Å². The second kappa shape index (κ2) is 4.18. The molecule has 0 aliphatic carbocycles. The van der Waals surface area contributed by atoms with Crippen molar-refractivity contribution in [3.8, 4) is 0 Å². The Kier molecular flexibility index (Phi) is 2.88. The maximum absolute atomic E-state index is 11.9. The SMILES string of the molecule is Cc1cncc(S(=O)(=O)Nc2cscn2)c1. The lowest BCUT2D eigenvalue weighted by Crippen LogP contribution is -2.13. The lowest BCUT2D eigenvalue weighted by atomic mass is 10.3. The molecule has 0 aromatic carbocycles. The van der Waals surface area contributed by atoms with E-state index in [0.717, 1.165) is 5.56 Å². The third-order valence-corrected chi connectivity index (χ3v) is 3.74. The minimum Gasteiger partial charge on any atom is -0.263 e. The maximum atomic E-state index is 11.9. The number of aromatic nitrogens is 2. The molecule has 0 amide bonds. The number of sulfonamides is 1. The van der Waals surface area contributed by atoms with E-state index >= 15 is 0 Å². The number of anilines is 1. The van der Waals surface area contributed by atoms with E-state index in [1.54, 1.807) is 30.1 Å². The molecule has 0 bridgehead atoms. The number of aryl methyl sites for hydroxylation is 1. The summed E-state index contributed by atoms with van der Waals surface area (Å²) in [4.78, 5) is 7.84. The zero-order chi connectivity index (χ0) is 11.6. The third-order valence-electron chi connectivity index (χ3n) is 1.83. The van der Waals surface area contributed by atoms with Crippen LogP contribution in [0.1, 0.15) is 5.56 Å². The highest BCUT2D eigenvalue weighted by molar-refractivity contribution is 7.92. The van der Waals surface area contributed by atoms with Gasteiger partial charge in [0.25, 0.3) is 10.0 Å². The molecular formula is C9H9N3O2S2. The number of pyridine rings is 1. The van der Waals surface area contributed by atoms with Crippen LogP contribution in [0.25, 0.3) is 0 Å². The van der Waals surface area contributed by atoms with E-state index in [1.165, 1.54) is 17.5 Å². The fourth-order valence-corrected chi connectivity index (χ4v) is 2.74. The Morgan fingerprint density at radius 1 is 1.38 bits per heavy atom. The monoisotopic (exact) mass is 255 g/mol. The molecular weight excluding hydrogens is 246 g/mol. The van der Waals surface area contributed by atoms with Crippen LogP contribution in [0.2, 0.25) is 0 Å². The van der Waals surface area contributed by atoms with Gasteiger partial charge in [0.05, 0.1) is 5.51 Å². The number of hydrogen-bond acceptors (Lipinski definition) is 5. The van der Waals surface area contributed by atoms with Crippen LogP contribution in [-0.2, 0) is 10.0 Å². The summed E-state index contributed by atoms with van der Waals surface area (Å²) in [6.45, 7) is 1.79. The Balaban J connectivity index is 2.33. The van der Waals surface area contributed by atoms with Gasteiger partial charge in [-0.05, 0) is 18.6 Å². The van der Waals surface area contributed by atoms with E-state index in [0.29, 0.717) is 5.82 Å². The van der Waals surface area contributed by atoms with Gasteiger partial charge < -0.3 is 0 Å². The van der Waals surface area contributed by atoms with Crippen molar-refractivity contribution < 1.29 is 8.42 Å². The van der Waals surface area contributed by atoms with E-state index in [2.05, 4.69) is 14.7 Å². The first-order chi connectivity index (χ1) is 7.58. The van der Waals surface area contributed by atoms with Gasteiger partial charge in [-0.2, -0.15) is 0 Å². The lowest BCUT2D eigenvalue weighted by Gasteiger charge is -2.05. The topological polar surface area (TPSA) is 72.0 Å². The zero-order valence-electron chi connectivity index (χ0n) is 8.41. The molecule has 0 atom stereocenters. The van der Waals surface area contributed by atoms with Crippen LogP contribution in [0.15, 0.2) is 34.2 Å². The molecule has 0 spiro atoms. The highest BCUT2D eigenvalue weighted by Gasteiger charge is 2.15. The predicted octanol–water partition coefficient (Wildman–Crippen LogP) is 1.65. The van der Waals surface area contributed by atoms with Crippen LogP contribution in [-0.4, -0.2) is 18.4 Å². The van der Waals surface area contributed by atoms with Crippen LogP contribution in [0, 0.1) is 6.92 Å². The first-order valence-corrected chi connectivity index (χ1v) is 6.83. The molecule has 2 aromatic heterocycles. The number of nitrogens with zero attached hydrogens (tertiary/aromatic N) is 2. The summed E-state index contributed by atoms with van der Waals surface area (Å²) >= 11 is 1.32. The largest absolute Gasteiger partial charge is 0.264 e. The van der Waals surface area contributed by atoms with Crippen LogP contribution in [0.5, 0.6) is 0 Å². The van der Waals surface area contributed by atoms with E-state index in [9.17, 15) is 8.42 Å². The van der Waals surface area contributed by atoms with Crippen molar-refractivity contribution in [2.45, 2.75) is 11.8 Å². The van der Waals surface area contributed by atoms with Gasteiger partial charge in [-0.3, -0.25) is 9.71 Å². The van der Waals surface area contributed by atoms with Gasteiger partial charge in [0.2, 0.25) is 0 Å². The van der Waals surface area contributed by atoms with Gasteiger partial charge in [-0.1, -0.05) is 0 Å². The summed E-state index contributed by atoms with van der Waals surface area (Å²) < 4.78 is 26.1. The number of hydrogen-bond donors (Lipinski definition) is 1. The average Bonchev–Trinajstić information content (AvgIpc) is 2.70. The van der Waals surface area contributed by atoms with Crippen molar-refractivity contribution in [1.82, 2.24) is 9.97 Å². The summed E-state index contributed by atoms with van der Waals surface area (Å²) in [5.41, 5.74) is 2.35. The van der Waals surface area contributed by atoms with Crippen LogP contribution < -0.4 is 4.72 Å². The molecule has 0 aliphatic heterocycles. The first kappa shape index (κ1) is 11.0. The summed E-state index contributed by atoms with van der Waals surface area (Å²) in [6, 6.07) is 1.56. The number of rotatable bonds is 3. The Labute approximate surface area is 97.2 Å². The van der Waals surface area contributed by atoms with Crippen molar-refractivity contribution in [3.05, 3.63) is 34.9 Å². The summed E-state index contributed by atoms with van der Waals surface area (Å²) in [5, 5.41) is 1.63. The van der Waals surface area contributed by atoms with Gasteiger partial charge >= 0.3 is 0 Å². The van der Waals surface area contributed by atoms with Crippen LogP contribution in [0.3, 0.4) is 0 Å². The second-order valence-electron chi connectivity index (χ2n) is 3.18. The first-order valence-electron chi connectivity index (χ1n) is 4.40. The van der Waals surface area contributed by atoms with Crippen molar-refractivity contribution in [2.75, 3.05) is 4.72 Å². The van der Waals surface area contributed by atoms with Crippen molar-refractivity contribution >= 4 is 27.2 Å². The van der Waals surface area contributed by atoms with Gasteiger partial charge in [-0.15, -0.1) is 11.3 Å². The van der Waals surface area contributed by atoms with Crippen molar-refractivity contribution in [3.63, 3.8) is 0 Å². The van der Waals surface area contributed by atoms with Crippen molar-refractivity contribution in [2.24, 2.45) is 0 Å². The Morgan fingerprint density at radius 3 is 2.81 bits per heavy atom. The number of nitrogens with one attached hydrogen (secondary N) is 1. The molecule has 2 aromatic rings. The fraction of sp³-hybridized carbons (Fsp3) is 0.111.